The van der Waals surface area contributed by atoms with Crippen LogP contribution in [-0.4, -0.2) is 24.7 Å². The third kappa shape index (κ3) is 2.26. The van der Waals surface area contributed by atoms with E-state index in [9.17, 15) is 0 Å². The van der Waals surface area contributed by atoms with Crippen molar-refractivity contribution in [3.63, 3.8) is 0 Å². The van der Waals surface area contributed by atoms with Crippen LogP contribution in [0.5, 0.6) is 0 Å². The molecule has 23 heavy (non-hydrogen) atoms. The molecule has 4 aromatic heterocycles. The zero-order valence-corrected chi connectivity index (χ0v) is 13.1. The maximum Gasteiger partial charge on any atom is 0.174 e. The predicted molar refractivity (Wildman–Crippen MR) is 89.6 cm³/mol. The van der Waals surface area contributed by atoms with Crippen molar-refractivity contribution in [1.82, 2.24) is 24.7 Å². The molecule has 4 heterocycles. The molecule has 0 saturated carbocycles. The monoisotopic (exact) mass is 321 g/mol. The van der Waals surface area contributed by atoms with Crippen molar-refractivity contribution in [3.8, 4) is 16.9 Å². The molecule has 4 aromatic rings. The van der Waals surface area contributed by atoms with Crippen molar-refractivity contribution in [2.24, 2.45) is 0 Å². The van der Waals surface area contributed by atoms with E-state index < -0.39 is 0 Å². The van der Waals surface area contributed by atoms with Crippen LogP contribution < -0.4 is 0 Å². The largest absolute Gasteiger partial charge is 0.264 e. The second kappa shape index (κ2) is 5.44. The molecule has 0 spiro atoms. The van der Waals surface area contributed by atoms with Gasteiger partial charge >= 0.3 is 0 Å². The first kappa shape index (κ1) is 13.8. The minimum absolute atomic E-state index is 0.530. The number of aryl methyl sites for hydroxylation is 1. The molecule has 0 amide bonds. The quantitative estimate of drug-likeness (QED) is 0.563. The van der Waals surface area contributed by atoms with Gasteiger partial charge in [-0.15, -0.1) is 0 Å². The van der Waals surface area contributed by atoms with Gasteiger partial charge in [-0.2, -0.15) is 9.78 Å². The van der Waals surface area contributed by atoms with E-state index in [1.54, 1.807) is 41.6 Å². The highest BCUT2D eigenvalue weighted by Gasteiger charge is 2.14. The zero-order valence-electron chi connectivity index (χ0n) is 12.3. The van der Waals surface area contributed by atoms with Gasteiger partial charge in [-0.1, -0.05) is 11.6 Å². The number of aromatic nitrogens is 5. The minimum atomic E-state index is 0.530. The molecule has 0 N–H and O–H groups in total. The summed E-state index contributed by atoms with van der Waals surface area (Å²) in [5, 5.41) is 5.89. The van der Waals surface area contributed by atoms with Gasteiger partial charge in [0, 0.05) is 35.7 Å². The van der Waals surface area contributed by atoms with E-state index in [0.29, 0.717) is 16.5 Å². The van der Waals surface area contributed by atoms with Gasteiger partial charge in [-0.05, 0) is 42.3 Å². The Morgan fingerprint density at radius 3 is 2.70 bits per heavy atom. The highest BCUT2D eigenvalue weighted by molar-refractivity contribution is 6.32. The van der Waals surface area contributed by atoms with E-state index in [-0.39, 0.29) is 0 Å². The lowest BCUT2D eigenvalue weighted by molar-refractivity contribution is 0.863. The Morgan fingerprint density at radius 1 is 0.957 bits per heavy atom. The van der Waals surface area contributed by atoms with Gasteiger partial charge in [0.1, 0.15) is 0 Å². The van der Waals surface area contributed by atoms with Crippen LogP contribution in [0.1, 0.15) is 5.56 Å². The number of nitrogens with zero attached hydrogens (tertiary/aromatic N) is 5. The fourth-order valence-corrected chi connectivity index (χ4v) is 2.80. The molecular formula is C17H12ClN5. The SMILES string of the molecule is Cc1ccncc1-c1ccnc2c1cnn2-c1ncccc1Cl. The Labute approximate surface area is 137 Å². The summed E-state index contributed by atoms with van der Waals surface area (Å²) in [7, 11) is 0. The highest BCUT2D eigenvalue weighted by Crippen LogP contribution is 2.30. The lowest BCUT2D eigenvalue weighted by Gasteiger charge is -2.07. The second-order valence-electron chi connectivity index (χ2n) is 5.15. The van der Waals surface area contributed by atoms with Crippen LogP contribution in [0.2, 0.25) is 5.02 Å². The molecule has 0 atom stereocenters. The first-order valence-corrected chi connectivity index (χ1v) is 7.48. The van der Waals surface area contributed by atoms with Gasteiger partial charge in [0.15, 0.2) is 11.5 Å². The van der Waals surface area contributed by atoms with Crippen molar-refractivity contribution in [2.75, 3.05) is 0 Å². The average molecular weight is 322 g/mol. The van der Waals surface area contributed by atoms with Crippen LogP contribution in [0.25, 0.3) is 28.0 Å². The van der Waals surface area contributed by atoms with Crippen molar-refractivity contribution >= 4 is 22.6 Å². The van der Waals surface area contributed by atoms with Gasteiger partial charge in [0.05, 0.1) is 11.2 Å². The van der Waals surface area contributed by atoms with Gasteiger partial charge in [-0.25, -0.2) is 9.97 Å². The van der Waals surface area contributed by atoms with E-state index in [2.05, 4.69) is 27.0 Å². The average Bonchev–Trinajstić information content (AvgIpc) is 3.00. The zero-order chi connectivity index (χ0) is 15.8. The van der Waals surface area contributed by atoms with Crippen LogP contribution >= 0.6 is 11.6 Å². The summed E-state index contributed by atoms with van der Waals surface area (Å²) in [4.78, 5) is 13.0. The van der Waals surface area contributed by atoms with Crippen molar-refractivity contribution in [1.29, 1.82) is 0 Å². The van der Waals surface area contributed by atoms with E-state index in [1.165, 1.54) is 0 Å². The first-order chi connectivity index (χ1) is 11.3. The van der Waals surface area contributed by atoms with Crippen LogP contribution in [0.4, 0.5) is 0 Å². The number of rotatable bonds is 2. The predicted octanol–water partition coefficient (Wildman–Crippen LogP) is 3.84. The molecular weight excluding hydrogens is 310 g/mol. The number of halogens is 1. The lowest BCUT2D eigenvalue weighted by Crippen LogP contribution is -2.01. The third-order valence-electron chi connectivity index (χ3n) is 3.74. The van der Waals surface area contributed by atoms with Gasteiger partial charge in [0.25, 0.3) is 0 Å². The smallest absolute Gasteiger partial charge is 0.174 e. The summed E-state index contributed by atoms with van der Waals surface area (Å²) in [5.74, 6) is 0.566. The molecule has 0 aromatic carbocycles. The third-order valence-corrected chi connectivity index (χ3v) is 4.04. The second-order valence-corrected chi connectivity index (χ2v) is 5.56. The molecule has 0 bridgehead atoms. The van der Waals surface area contributed by atoms with Crippen LogP contribution in [-0.2, 0) is 0 Å². The topological polar surface area (TPSA) is 56.5 Å². The van der Waals surface area contributed by atoms with Crippen LogP contribution in [0, 0.1) is 6.92 Å². The maximum absolute atomic E-state index is 6.24. The molecule has 0 aliphatic carbocycles. The van der Waals surface area contributed by atoms with E-state index >= 15 is 0 Å². The van der Waals surface area contributed by atoms with Crippen LogP contribution in [0.3, 0.4) is 0 Å². The Morgan fingerprint density at radius 2 is 1.87 bits per heavy atom. The van der Waals surface area contributed by atoms with Crippen molar-refractivity contribution < 1.29 is 0 Å². The normalized spacial score (nSPS) is 11.0. The molecule has 0 radical (unpaired) electrons. The fourth-order valence-electron chi connectivity index (χ4n) is 2.60. The Kier molecular flexibility index (Phi) is 3.28. The standard InChI is InChI=1S/C17H12ClN5/c1-11-4-7-19-9-13(11)12-5-8-21-16-14(12)10-22-23(16)17-15(18)3-2-6-20-17/h2-10H,1H3. The Bertz CT molecular complexity index is 1010. The minimum Gasteiger partial charge on any atom is -0.264 e. The maximum atomic E-state index is 6.24. The number of fused-ring (bicyclic) bond motifs is 1. The molecule has 0 fully saturated rings. The molecule has 6 heteroatoms. The van der Waals surface area contributed by atoms with Crippen molar-refractivity contribution in [3.05, 3.63) is 65.8 Å². The van der Waals surface area contributed by atoms with Gasteiger partial charge in [0.2, 0.25) is 0 Å². The summed E-state index contributed by atoms with van der Waals surface area (Å²) < 4.78 is 1.66. The fraction of sp³-hybridized carbons (Fsp3) is 0.0588. The van der Waals surface area contributed by atoms with E-state index in [0.717, 1.165) is 22.1 Å². The molecule has 0 saturated heterocycles. The summed E-state index contributed by atoms with van der Waals surface area (Å²) in [6, 6.07) is 7.53. The molecule has 0 aliphatic rings. The van der Waals surface area contributed by atoms with Crippen molar-refractivity contribution in [2.45, 2.75) is 6.92 Å². The summed E-state index contributed by atoms with van der Waals surface area (Å²) in [6.07, 6.45) is 8.88. The van der Waals surface area contributed by atoms with Crippen LogP contribution in [0.15, 0.2) is 55.2 Å². The molecule has 112 valence electrons. The molecule has 5 nitrogen and oxygen atoms in total. The Hall–Kier alpha value is -2.79. The number of hydrogen-bond donors (Lipinski definition) is 0. The molecule has 4 rings (SSSR count). The Balaban J connectivity index is 1.98. The van der Waals surface area contributed by atoms with E-state index in [1.807, 2.05) is 18.3 Å². The lowest BCUT2D eigenvalue weighted by atomic mass is 10.0. The summed E-state index contributed by atoms with van der Waals surface area (Å²) in [6.45, 7) is 2.06. The summed E-state index contributed by atoms with van der Waals surface area (Å²) >= 11 is 6.24. The van der Waals surface area contributed by atoms with E-state index in [4.69, 9.17) is 11.6 Å². The highest BCUT2D eigenvalue weighted by atomic mass is 35.5. The number of pyridine rings is 3. The number of hydrogen-bond acceptors (Lipinski definition) is 4. The first-order valence-electron chi connectivity index (χ1n) is 7.10. The van der Waals surface area contributed by atoms with Gasteiger partial charge in [-0.3, -0.25) is 4.98 Å². The molecule has 0 aliphatic heterocycles. The molecule has 0 unspecified atom stereocenters. The summed E-state index contributed by atoms with van der Waals surface area (Å²) in [5.41, 5.74) is 3.97. The van der Waals surface area contributed by atoms with Gasteiger partial charge < -0.3 is 0 Å².